The van der Waals surface area contributed by atoms with E-state index in [4.69, 9.17) is 15.2 Å². The van der Waals surface area contributed by atoms with Gasteiger partial charge in [0.15, 0.2) is 0 Å². The molecule has 2 aromatic rings. The van der Waals surface area contributed by atoms with Gasteiger partial charge in [0.25, 0.3) is 0 Å². The lowest BCUT2D eigenvalue weighted by Crippen LogP contribution is -2.06. The Balaban J connectivity index is 2.05. The van der Waals surface area contributed by atoms with Gasteiger partial charge in [-0.25, -0.2) is 0 Å². The van der Waals surface area contributed by atoms with Crippen LogP contribution >= 0.6 is 0 Å². The van der Waals surface area contributed by atoms with E-state index in [2.05, 4.69) is 0 Å². The first-order chi connectivity index (χ1) is 9.13. The fourth-order valence-corrected chi connectivity index (χ4v) is 1.76. The average Bonchev–Trinajstić information content (AvgIpc) is 2.36. The minimum Gasteiger partial charge on any atom is -0.491 e. The molecule has 0 aromatic heterocycles. The molecular weight excluding hydrogens is 238 g/mol. The molecule has 0 aliphatic heterocycles. The van der Waals surface area contributed by atoms with Crippen LogP contribution in [0.15, 0.2) is 48.5 Å². The number of rotatable bonds is 5. The van der Waals surface area contributed by atoms with Crippen molar-refractivity contribution in [3.8, 4) is 11.5 Å². The highest BCUT2D eigenvalue weighted by Gasteiger charge is 2.03. The van der Waals surface area contributed by atoms with Crippen molar-refractivity contribution >= 4 is 5.69 Å². The normalized spacial score (nSPS) is 10.5. The van der Waals surface area contributed by atoms with Gasteiger partial charge in [0.1, 0.15) is 18.1 Å². The molecule has 0 radical (unpaired) electrons. The standard InChI is InChI=1S/C16H19NO2/c1-12(2)19-16-9-14(17)8-15(10-16)18-11-13-6-4-3-5-7-13/h3-10,12H,11,17H2,1-2H3. The van der Waals surface area contributed by atoms with Crippen LogP contribution in [0, 0.1) is 0 Å². The number of nitrogen functional groups attached to an aromatic ring is 1. The van der Waals surface area contributed by atoms with Crippen molar-refractivity contribution in [1.82, 2.24) is 0 Å². The van der Waals surface area contributed by atoms with Crippen LogP contribution in [0.5, 0.6) is 11.5 Å². The molecule has 3 nitrogen and oxygen atoms in total. The highest BCUT2D eigenvalue weighted by atomic mass is 16.5. The minimum atomic E-state index is 0.115. The fourth-order valence-electron chi connectivity index (χ4n) is 1.76. The van der Waals surface area contributed by atoms with Crippen LogP contribution in [0.1, 0.15) is 19.4 Å². The van der Waals surface area contributed by atoms with E-state index in [1.807, 2.05) is 50.2 Å². The van der Waals surface area contributed by atoms with Gasteiger partial charge in [-0.05, 0) is 19.4 Å². The van der Waals surface area contributed by atoms with Crippen molar-refractivity contribution in [2.24, 2.45) is 0 Å². The summed E-state index contributed by atoms with van der Waals surface area (Å²) in [5, 5.41) is 0. The largest absolute Gasteiger partial charge is 0.491 e. The van der Waals surface area contributed by atoms with Crippen LogP contribution in [0.2, 0.25) is 0 Å². The summed E-state index contributed by atoms with van der Waals surface area (Å²) in [4.78, 5) is 0. The SMILES string of the molecule is CC(C)Oc1cc(N)cc(OCc2ccccc2)c1. The monoisotopic (exact) mass is 257 g/mol. The van der Waals surface area contributed by atoms with E-state index in [1.165, 1.54) is 0 Å². The molecule has 0 aliphatic rings. The van der Waals surface area contributed by atoms with Crippen LogP contribution in [0.25, 0.3) is 0 Å². The van der Waals surface area contributed by atoms with Crippen molar-refractivity contribution in [2.75, 3.05) is 5.73 Å². The van der Waals surface area contributed by atoms with Gasteiger partial charge in [0, 0.05) is 23.9 Å². The van der Waals surface area contributed by atoms with Crippen molar-refractivity contribution in [3.05, 3.63) is 54.1 Å². The molecule has 0 bridgehead atoms. The van der Waals surface area contributed by atoms with Crippen LogP contribution in [-0.2, 0) is 6.61 Å². The van der Waals surface area contributed by atoms with E-state index >= 15 is 0 Å². The van der Waals surface area contributed by atoms with E-state index in [9.17, 15) is 0 Å². The van der Waals surface area contributed by atoms with E-state index in [1.54, 1.807) is 12.1 Å². The molecule has 0 saturated carbocycles. The van der Waals surface area contributed by atoms with E-state index in [0.717, 1.165) is 17.1 Å². The summed E-state index contributed by atoms with van der Waals surface area (Å²) in [7, 11) is 0. The lowest BCUT2D eigenvalue weighted by molar-refractivity contribution is 0.239. The van der Waals surface area contributed by atoms with Gasteiger partial charge in [0.2, 0.25) is 0 Å². The summed E-state index contributed by atoms with van der Waals surface area (Å²) >= 11 is 0. The zero-order chi connectivity index (χ0) is 13.7. The Kier molecular flexibility index (Phi) is 4.29. The van der Waals surface area contributed by atoms with Crippen molar-refractivity contribution in [2.45, 2.75) is 26.6 Å². The molecule has 0 fully saturated rings. The Bertz CT molecular complexity index is 524. The summed E-state index contributed by atoms with van der Waals surface area (Å²) in [6.45, 7) is 4.48. The molecule has 19 heavy (non-hydrogen) atoms. The molecule has 2 aromatic carbocycles. The molecule has 2 rings (SSSR count). The maximum atomic E-state index is 5.84. The molecule has 0 aliphatic carbocycles. The Morgan fingerprint density at radius 2 is 1.68 bits per heavy atom. The topological polar surface area (TPSA) is 44.5 Å². The molecule has 100 valence electrons. The highest BCUT2D eigenvalue weighted by molar-refractivity contribution is 5.50. The Morgan fingerprint density at radius 1 is 1.00 bits per heavy atom. The summed E-state index contributed by atoms with van der Waals surface area (Å²) in [5.41, 5.74) is 7.61. The number of hydrogen-bond donors (Lipinski definition) is 1. The summed E-state index contributed by atoms with van der Waals surface area (Å²) in [6, 6.07) is 15.5. The van der Waals surface area contributed by atoms with E-state index in [-0.39, 0.29) is 6.10 Å². The average molecular weight is 257 g/mol. The number of anilines is 1. The van der Waals surface area contributed by atoms with Crippen LogP contribution in [0.3, 0.4) is 0 Å². The Labute approximate surface area is 114 Å². The van der Waals surface area contributed by atoms with Gasteiger partial charge in [-0.2, -0.15) is 0 Å². The molecular formula is C16H19NO2. The second-order valence-corrected chi connectivity index (χ2v) is 4.68. The molecule has 0 atom stereocenters. The van der Waals surface area contributed by atoms with E-state index in [0.29, 0.717) is 12.3 Å². The van der Waals surface area contributed by atoms with Crippen LogP contribution in [-0.4, -0.2) is 6.10 Å². The molecule has 0 amide bonds. The Morgan fingerprint density at radius 3 is 2.37 bits per heavy atom. The molecule has 0 saturated heterocycles. The third-order valence-electron chi connectivity index (χ3n) is 2.52. The second kappa shape index (κ2) is 6.14. The van der Waals surface area contributed by atoms with Gasteiger partial charge in [-0.3, -0.25) is 0 Å². The molecule has 0 heterocycles. The second-order valence-electron chi connectivity index (χ2n) is 4.68. The first-order valence-electron chi connectivity index (χ1n) is 6.37. The first kappa shape index (κ1) is 13.3. The zero-order valence-electron chi connectivity index (χ0n) is 11.3. The quantitative estimate of drug-likeness (QED) is 0.832. The van der Waals surface area contributed by atoms with Crippen molar-refractivity contribution in [1.29, 1.82) is 0 Å². The number of hydrogen-bond acceptors (Lipinski definition) is 3. The zero-order valence-corrected chi connectivity index (χ0v) is 11.3. The van der Waals surface area contributed by atoms with Gasteiger partial charge in [-0.15, -0.1) is 0 Å². The molecule has 0 unspecified atom stereocenters. The number of benzene rings is 2. The fraction of sp³-hybridized carbons (Fsp3) is 0.250. The third-order valence-corrected chi connectivity index (χ3v) is 2.52. The van der Waals surface area contributed by atoms with E-state index < -0.39 is 0 Å². The summed E-state index contributed by atoms with van der Waals surface area (Å²) in [6.07, 6.45) is 0.115. The summed E-state index contributed by atoms with van der Waals surface area (Å²) in [5.74, 6) is 1.46. The predicted molar refractivity (Wildman–Crippen MR) is 77.4 cm³/mol. The smallest absolute Gasteiger partial charge is 0.125 e. The lowest BCUT2D eigenvalue weighted by Gasteiger charge is -2.13. The minimum absolute atomic E-state index is 0.115. The lowest BCUT2D eigenvalue weighted by atomic mass is 10.2. The first-order valence-corrected chi connectivity index (χ1v) is 6.37. The summed E-state index contributed by atoms with van der Waals surface area (Å²) < 4.78 is 11.4. The highest BCUT2D eigenvalue weighted by Crippen LogP contribution is 2.25. The maximum Gasteiger partial charge on any atom is 0.125 e. The van der Waals surface area contributed by atoms with Crippen molar-refractivity contribution < 1.29 is 9.47 Å². The third kappa shape index (κ3) is 4.21. The van der Waals surface area contributed by atoms with Gasteiger partial charge >= 0.3 is 0 Å². The van der Waals surface area contributed by atoms with Gasteiger partial charge < -0.3 is 15.2 Å². The number of ether oxygens (including phenoxy) is 2. The van der Waals surface area contributed by atoms with Gasteiger partial charge in [-0.1, -0.05) is 30.3 Å². The molecule has 2 N–H and O–H groups in total. The molecule has 3 heteroatoms. The Hall–Kier alpha value is -2.16. The van der Waals surface area contributed by atoms with Crippen LogP contribution in [0.4, 0.5) is 5.69 Å². The van der Waals surface area contributed by atoms with Gasteiger partial charge in [0.05, 0.1) is 6.10 Å². The van der Waals surface area contributed by atoms with Crippen molar-refractivity contribution in [3.63, 3.8) is 0 Å². The van der Waals surface area contributed by atoms with Crippen LogP contribution < -0.4 is 15.2 Å². The molecule has 0 spiro atoms. The number of nitrogens with two attached hydrogens (primary N) is 1. The predicted octanol–water partition coefficient (Wildman–Crippen LogP) is 3.64. The maximum absolute atomic E-state index is 5.84.